The summed E-state index contributed by atoms with van der Waals surface area (Å²) in [5.74, 6) is -0.433. The average molecular weight is 265 g/mol. The highest BCUT2D eigenvalue weighted by Gasteiger charge is 2.26. The zero-order chi connectivity index (χ0) is 13.8. The fourth-order valence-corrected chi connectivity index (χ4v) is 2.47. The number of hydrogen-bond donors (Lipinski definition) is 2. The van der Waals surface area contributed by atoms with Crippen LogP contribution >= 0.6 is 0 Å². The van der Waals surface area contributed by atoms with Gasteiger partial charge in [-0.25, -0.2) is 14.2 Å². The summed E-state index contributed by atoms with van der Waals surface area (Å²) in [6, 6.07) is 6.34. The summed E-state index contributed by atoms with van der Waals surface area (Å²) in [6.45, 7) is 4.16. The molecule has 1 heterocycles. The summed E-state index contributed by atoms with van der Waals surface area (Å²) in [6.07, 6.45) is 3.30. The van der Waals surface area contributed by atoms with Gasteiger partial charge in [0.2, 0.25) is 0 Å². The Labute approximate surface area is 113 Å². The average Bonchev–Trinajstić information content (AvgIpc) is 2.37. The number of hydrazine groups is 1. The van der Waals surface area contributed by atoms with Crippen LogP contribution in [0.15, 0.2) is 24.3 Å². The lowest BCUT2D eigenvalue weighted by Gasteiger charge is -2.38. The van der Waals surface area contributed by atoms with E-state index in [1.807, 2.05) is 5.01 Å². The van der Waals surface area contributed by atoms with Crippen LogP contribution in [-0.4, -0.2) is 23.1 Å². The van der Waals surface area contributed by atoms with Crippen LogP contribution in [0.4, 0.5) is 14.9 Å². The molecule has 0 spiro atoms. The van der Waals surface area contributed by atoms with Crippen LogP contribution in [-0.2, 0) is 0 Å². The van der Waals surface area contributed by atoms with Crippen molar-refractivity contribution in [1.29, 1.82) is 0 Å². The molecule has 0 bridgehead atoms. The summed E-state index contributed by atoms with van der Waals surface area (Å²) in [5.41, 5.74) is 3.00. The van der Waals surface area contributed by atoms with Crippen molar-refractivity contribution in [1.82, 2.24) is 10.4 Å². The van der Waals surface area contributed by atoms with Crippen LogP contribution in [0, 0.1) is 5.82 Å². The van der Waals surface area contributed by atoms with Gasteiger partial charge in [0.15, 0.2) is 0 Å². The van der Waals surface area contributed by atoms with Crippen LogP contribution in [0.3, 0.4) is 0 Å². The molecule has 2 atom stereocenters. The van der Waals surface area contributed by atoms with Crippen molar-refractivity contribution >= 4 is 11.7 Å². The monoisotopic (exact) mass is 265 g/mol. The van der Waals surface area contributed by atoms with Gasteiger partial charge in [-0.2, -0.15) is 0 Å². The zero-order valence-electron chi connectivity index (χ0n) is 11.3. The molecule has 4 nitrogen and oxygen atoms in total. The third-order valence-electron chi connectivity index (χ3n) is 3.55. The van der Waals surface area contributed by atoms with Gasteiger partial charge in [0, 0.05) is 12.1 Å². The Hall–Kier alpha value is -1.62. The van der Waals surface area contributed by atoms with E-state index in [0.29, 0.717) is 12.1 Å². The molecule has 0 unspecified atom stereocenters. The molecule has 1 saturated heterocycles. The minimum atomic E-state index is -0.433. The molecule has 1 fully saturated rings. The second kappa shape index (κ2) is 6.02. The normalized spacial score (nSPS) is 23.9. The molecule has 1 aromatic carbocycles. The van der Waals surface area contributed by atoms with Crippen LogP contribution in [0.5, 0.6) is 0 Å². The van der Waals surface area contributed by atoms with Crippen molar-refractivity contribution in [2.24, 2.45) is 0 Å². The number of piperidine rings is 1. The zero-order valence-corrected chi connectivity index (χ0v) is 11.3. The van der Waals surface area contributed by atoms with Crippen LogP contribution in [0.25, 0.3) is 0 Å². The minimum Gasteiger partial charge on any atom is -0.304 e. The van der Waals surface area contributed by atoms with E-state index in [1.54, 1.807) is 12.1 Å². The Morgan fingerprint density at radius 3 is 2.53 bits per heavy atom. The standard InChI is InChI=1S/C14H20FN3O/c1-10-6-5-7-11(2)18(10)17-14(19)16-13-9-4-3-8-12(13)15/h3-4,8-11H,5-7H2,1-2H3,(H2,16,17,19)/t10-,11+. The number of rotatable bonds is 2. The number of halogens is 1. The number of nitrogens with one attached hydrogen (secondary N) is 2. The highest BCUT2D eigenvalue weighted by atomic mass is 19.1. The van der Waals surface area contributed by atoms with Gasteiger partial charge in [0.25, 0.3) is 0 Å². The highest BCUT2D eigenvalue weighted by Crippen LogP contribution is 2.20. The topological polar surface area (TPSA) is 44.4 Å². The SMILES string of the molecule is C[C@@H]1CCC[C@H](C)N1NC(=O)Nc1ccccc1F. The fraction of sp³-hybridized carbons (Fsp3) is 0.500. The number of anilines is 1. The second-order valence-electron chi connectivity index (χ2n) is 5.08. The smallest absolute Gasteiger partial charge is 0.304 e. The lowest BCUT2D eigenvalue weighted by Crippen LogP contribution is -2.55. The molecule has 0 aliphatic carbocycles. The Kier molecular flexibility index (Phi) is 4.37. The maximum absolute atomic E-state index is 13.4. The number of urea groups is 1. The fourth-order valence-electron chi connectivity index (χ4n) is 2.47. The van der Waals surface area contributed by atoms with Gasteiger partial charge >= 0.3 is 6.03 Å². The van der Waals surface area contributed by atoms with Crippen molar-refractivity contribution in [3.8, 4) is 0 Å². The quantitative estimate of drug-likeness (QED) is 0.863. The van der Waals surface area contributed by atoms with Gasteiger partial charge in [0.1, 0.15) is 5.82 Å². The molecule has 0 aromatic heterocycles. The molecule has 19 heavy (non-hydrogen) atoms. The van der Waals surface area contributed by atoms with E-state index < -0.39 is 11.8 Å². The summed E-state index contributed by atoms with van der Waals surface area (Å²) in [5, 5.41) is 4.48. The molecular weight excluding hydrogens is 245 g/mol. The molecule has 2 amide bonds. The largest absolute Gasteiger partial charge is 0.333 e. The van der Waals surface area contributed by atoms with E-state index in [-0.39, 0.29) is 5.69 Å². The molecule has 2 rings (SSSR count). The van der Waals surface area contributed by atoms with Gasteiger partial charge in [-0.15, -0.1) is 0 Å². The molecule has 2 N–H and O–H groups in total. The van der Waals surface area contributed by atoms with Crippen molar-refractivity contribution in [2.75, 3.05) is 5.32 Å². The summed E-state index contributed by atoms with van der Waals surface area (Å²) in [7, 11) is 0. The van der Waals surface area contributed by atoms with Crippen LogP contribution in [0.2, 0.25) is 0 Å². The number of carbonyl (C=O) groups is 1. The predicted molar refractivity (Wildman–Crippen MR) is 73.2 cm³/mol. The molecule has 1 aliphatic heterocycles. The third-order valence-corrected chi connectivity index (χ3v) is 3.55. The molecular formula is C14H20FN3O. The number of hydrogen-bond acceptors (Lipinski definition) is 2. The number of nitrogens with zero attached hydrogens (tertiary/aromatic N) is 1. The summed E-state index contributed by atoms with van der Waals surface area (Å²) >= 11 is 0. The van der Waals surface area contributed by atoms with E-state index in [4.69, 9.17) is 0 Å². The first-order valence-electron chi connectivity index (χ1n) is 6.68. The first kappa shape index (κ1) is 13.8. The lowest BCUT2D eigenvalue weighted by atomic mass is 10.00. The molecule has 1 aromatic rings. The Bertz CT molecular complexity index is 442. The number of amides is 2. The third kappa shape index (κ3) is 3.44. The minimum absolute atomic E-state index is 0.192. The van der Waals surface area contributed by atoms with Crippen LogP contribution in [0.1, 0.15) is 33.1 Å². The molecule has 0 radical (unpaired) electrons. The van der Waals surface area contributed by atoms with E-state index in [9.17, 15) is 9.18 Å². The van der Waals surface area contributed by atoms with Gasteiger partial charge < -0.3 is 5.32 Å². The van der Waals surface area contributed by atoms with Gasteiger partial charge in [-0.1, -0.05) is 18.6 Å². The van der Waals surface area contributed by atoms with E-state index in [0.717, 1.165) is 12.8 Å². The second-order valence-corrected chi connectivity index (χ2v) is 5.08. The molecule has 104 valence electrons. The van der Waals surface area contributed by atoms with Crippen LogP contribution < -0.4 is 10.7 Å². The van der Waals surface area contributed by atoms with Crippen molar-refractivity contribution in [3.05, 3.63) is 30.1 Å². The van der Waals surface area contributed by atoms with Gasteiger partial charge in [-0.05, 0) is 38.8 Å². The van der Waals surface area contributed by atoms with E-state index in [1.165, 1.54) is 18.6 Å². The molecule has 0 saturated carbocycles. The Morgan fingerprint density at radius 2 is 1.89 bits per heavy atom. The van der Waals surface area contributed by atoms with Gasteiger partial charge in [-0.3, -0.25) is 5.43 Å². The number of benzene rings is 1. The number of carbonyl (C=O) groups excluding carboxylic acids is 1. The Morgan fingerprint density at radius 1 is 1.26 bits per heavy atom. The highest BCUT2D eigenvalue weighted by molar-refractivity contribution is 5.89. The summed E-state index contributed by atoms with van der Waals surface area (Å²) in [4.78, 5) is 11.9. The molecule has 5 heteroatoms. The van der Waals surface area contributed by atoms with Crippen molar-refractivity contribution in [3.63, 3.8) is 0 Å². The van der Waals surface area contributed by atoms with E-state index >= 15 is 0 Å². The van der Waals surface area contributed by atoms with Gasteiger partial charge in [0.05, 0.1) is 5.69 Å². The predicted octanol–water partition coefficient (Wildman–Crippen LogP) is 3.13. The maximum atomic E-state index is 13.4. The summed E-state index contributed by atoms with van der Waals surface area (Å²) < 4.78 is 13.4. The Balaban J connectivity index is 1.96. The lowest BCUT2D eigenvalue weighted by molar-refractivity contribution is 0.0625. The molecule has 1 aliphatic rings. The first-order chi connectivity index (χ1) is 9.08. The first-order valence-corrected chi connectivity index (χ1v) is 6.68. The number of para-hydroxylation sites is 1. The maximum Gasteiger partial charge on any atom is 0.333 e. The van der Waals surface area contributed by atoms with Crippen molar-refractivity contribution < 1.29 is 9.18 Å². The van der Waals surface area contributed by atoms with E-state index in [2.05, 4.69) is 24.6 Å². The van der Waals surface area contributed by atoms with Crippen molar-refractivity contribution in [2.45, 2.75) is 45.2 Å².